The van der Waals surface area contributed by atoms with Crippen LogP contribution in [0.5, 0.6) is 0 Å². The van der Waals surface area contributed by atoms with Crippen LogP contribution in [0.25, 0.3) is 0 Å². The largest absolute Gasteiger partial charge is 0.0458 e. The molecular weight excluding hydrogens is 480 g/mol. The van der Waals surface area contributed by atoms with Gasteiger partial charge in [0.1, 0.15) is 0 Å². The van der Waals surface area contributed by atoms with Crippen LogP contribution in [0, 0.1) is 204 Å². The summed E-state index contributed by atoms with van der Waals surface area (Å²) in [6.45, 7) is 0. The molecule has 0 bridgehead atoms. The van der Waals surface area contributed by atoms with Crippen molar-refractivity contribution in [2.45, 2.75) is 25.7 Å². The van der Waals surface area contributed by atoms with Crippen LogP contribution < -0.4 is 0 Å². The van der Waals surface area contributed by atoms with Gasteiger partial charge in [-0.1, -0.05) is 0 Å². The van der Waals surface area contributed by atoms with E-state index in [1.54, 1.807) is 0 Å². The molecule has 0 aromatic rings. The molecule has 40 heavy (non-hydrogen) atoms. The summed E-state index contributed by atoms with van der Waals surface area (Å²) >= 11 is 0. The van der Waals surface area contributed by atoms with E-state index in [1.165, 1.54) is 107 Å². The molecule has 0 aliphatic heterocycles. The quantitative estimate of drug-likeness (QED) is 0.469. The first-order valence-corrected chi connectivity index (χ1v) is 19.9. The highest BCUT2D eigenvalue weighted by molar-refractivity contribution is 6.07. The van der Waals surface area contributed by atoms with E-state index in [0.29, 0.717) is 0 Å². The van der Waals surface area contributed by atoms with E-state index in [0.717, 1.165) is 97.5 Å². The van der Waals surface area contributed by atoms with Crippen molar-refractivity contribution in [3.63, 3.8) is 0 Å². The molecule has 28 saturated carbocycles. The first kappa shape index (κ1) is 13.6. The maximum atomic E-state index is 1.82. The molecule has 0 saturated heterocycles. The van der Waals surface area contributed by atoms with Crippen LogP contribution in [0.4, 0.5) is 0 Å². The summed E-state index contributed by atoms with van der Waals surface area (Å²) in [5, 5.41) is 0. The van der Waals surface area contributed by atoms with Gasteiger partial charge in [-0.25, -0.2) is 0 Å². The second-order valence-corrected chi connectivity index (χ2v) is 25.6. The van der Waals surface area contributed by atoms with Gasteiger partial charge >= 0.3 is 0 Å². The van der Waals surface area contributed by atoms with Crippen molar-refractivity contribution in [3.05, 3.63) is 0 Å². The Balaban J connectivity index is 0.961. The number of hydrogen-bond donors (Lipinski definition) is 0. The molecule has 36 atom stereocenters. The first-order valence-electron chi connectivity index (χ1n) is 19.9. The predicted octanol–water partition coefficient (Wildman–Crippen LogP) is 3.77. The Hall–Kier alpha value is 0. The second-order valence-electron chi connectivity index (χ2n) is 25.6. The van der Waals surface area contributed by atoms with E-state index in [-0.39, 0.29) is 0 Å². The maximum Gasteiger partial charge on any atom is -0.000728 e. The van der Waals surface area contributed by atoms with Crippen LogP contribution in [-0.4, -0.2) is 0 Å². The van der Waals surface area contributed by atoms with Crippen LogP contribution in [0.15, 0.2) is 0 Å². The summed E-state index contributed by atoms with van der Waals surface area (Å²) in [6.07, 6.45) is 7.29. The van der Waals surface area contributed by atoms with Gasteiger partial charge in [-0.05, 0) is 230 Å². The smallest absolute Gasteiger partial charge is 0.000728 e. The molecule has 0 nitrogen and oxygen atoms in total. The summed E-state index contributed by atoms with van der Waals surface area (Å²) in [4.78, 5) is 0. The molecule has 28 fully saturated rings. The zero-order valence-corrected chi connectivity index (χ0v) is 22.2. The van der Waals surface area contributed by atoms with Crippen molar-refractivity contribution in [1.29, 1.82) is 0 Å². The van der Waals surface area contributed by atoms with Gasteiger partial charge in [0, 0.05) is 0 Å². The van der Waals surface area contributed by atoms with Gasteiger partial charge in [-0.15, -0.1) is 0 Å². The number of hydrogen-bond acceptors (Lipinski definition) is 0. The van der Waals surface area contributed by atoms with E-state index in [1.807, 2.05) is 25.7 Å². The zero-order valence-electron chi connectivity index (χ0n) is 22.2. The van der Waals surface area contributed by atoms with Crippen LogP contribution in [0.3, 0.4) is 0 Å². The Labute approximate surface area is 229 Å². The third-order valence-electron chi connectivity index (χ3n) is 34.1. The summed E-state index contributed by atoms with van der Waals surface area (Å²) in [5.41, 5.74) is 20.3. The maximum absolute atomic E-state index is 1.82. The van der Waals surface area contributed by atoms with Crippen LogP contribution in [0.1, 0.15) is 25.7 Å². The molecule has 0 heteroatoms. The standard InChI is InChI=1S/C40H26/c1-5-13-6-2-10-17-21-22-18-12-4-8-14-7-3-11-16-20-19-15-9(1)23(5)27(13)24(6,10)30(17)35(21)36(22)32(18)26(8,12)28(14)25(7,11)31(16)34(20)33(19)29(15,23)37(27,30)39(33,35)40(34,36)38(28,31)32/h5-22H,1-4H2/t5?,6?,7?,8?,9?,10?,11?,12?,13?,14?,15-,16?,17+,18?,19-,20+,21+,22-,23?,24?,25?,26?,27?,28?,29+,30-,31-,32+,33?,34?,35?,36?,37?,38?,39?,40?. The summed E-state index contributed by atoms with van der Waals surface area (Å²) in [6, 6.07) is 0. The molecule has 0 amide bonds. The molecule has 28 rings (SSSR count). The van der Waals surface area contributed by atoms with E-state index >= 15 is 0 Å². The Kier molecular flexibility index (Phi) is 0.692. The lowest BCUT2D eigenvalue weighted by atomic mass is 8.40. The Morgan fingerprint density at radius 2 is 0.500 bits per heavy atom. The average Bonchev–Trinajstić information content (AvgIpc) is 2.81. The molecule has 18 spiro atoms. The second kappa shape index (κ2) is 2.04. The fourth-order valence-electron chi connectivity index (χ4n) is 42.8. The lowest BCUT2D eigenvalue weighted by molar-refractivity contribution is -1.18. The Bertz CT molecular complexity index is 2130. The molecular formula is C40H26. The molecule has 26 unspecified atom stereocenters. The topological polar surface area (TPSA) is 0 Å². The first-order chi connectivity index (χ1) is 19.9. The van der Waals surface area contributed by atoms with Crippen molar-refractivity contribution >= 4 is 0 Å². The molecule has 0 aromatic heterocycles. The Morgan fingerprint density at radius 1 is 0.225 bits per heavy atom. The van der Waals surface area contributed by atoms with E-state index in [9.17, 15) is 0 Å². The van der Waals surface area contributed by atoms with Gasteiger partial charge in [-0.3, -0.25) is 0 Å². The monoisotopic (exact) mass is 506 g/mol. The molecule has 28 aliphatic rings. The lowest BCUT2D eigenvalue weighted by Gasteiger charge is -3.62. The molecule has 28 aliphatic carbocycles. The normalized spacial score (nSPS) is 137. The molecule has 0 aromatic carbocycles. The van der Waals surface area contributed by atoms with Crippen LogP contribution >= 0.6 is 0 Å². The van der Waals surface area contributed by atoms with Gasteiger partial charge in [0.25, 0.3) is 0 Å². The lowest BCUT2D eigenvalue weighted by Crippen LogP contribution is -3.61. The Morgan fingerprint density at radius 3 is 0.800 bits per heavy atom. The zero-order chi connectivity index (χ0) is 22.2. The molecule has 0 radical (unpaired) electrons. The van der Waals surface area contributed by atoms with E-state index in [2.05, 4.69) is 0 Å². The SMILES string of the molecule is C1C2C3C4CC5C6[C@H]7[C@H]8[C@H]9C%10CC%11C%12C%13CC%14[C@H]%15[C@H]%16[C@H]%17C%18C1C21C32C45[C@@]63C74C56C7%19C84[C@@]94C%11%10C%128C%13%14[C@]%15(C%167C%175[C@]%181C263)C8%194. The van der Waals surface area contributed by atoms with Gasteiger partial charge in [0.15, 0.2) is 0 Å². The van der Waals surface area contributed by atoms with Crippen LogP contribution in [-0.2, 0) is 0 Å². The molecule has 0 heterocycles. The molecule has 186 valence electrons. The fraction of sp³-hybridized carbons (Fsp3) is 1.00. The third kappa shape index (κ3) is 0.291. The highest BCUT2D eigenvalue weighted by atomic mass is 15.7. The highest BCUT2D eigenvalue weighted by Crippen LogP contribution is 3.64. The van der Waals surface area contributed by atoms with Gasteiger partial charge < -0.3 is 0 Å². The molecule has 0 N–H and O–H groups in total. The van der Waals surface area contributed by atoms with E-state index in [4.69, 9.17) is 0 Å². The van der Waals surface area contributed by atoms with Gasteiger partial charge in [0.2, 0.25) is 0 Å². The minimum Gasteiger partial charge on any atom is -0.0458 e. The van der Waals surface area contributed by atoms with Crippen molar-refractivity contribution in [2.75, 3.05) is 0 Å². The van der Waals surface area contributed by atoms with E-state index < -0.39 is 0 Å². The number of fused-ring (bicyclic) bond motifs is 14. The average molecular weight is 507 g/mol. The summed E-state index contributed by atoms with van der Waals surface area (Å²) in [7, 11) is 0. The van der Waals surface area contributed by atoms with Crippen LogP contribution in [0.2, 0.25) is 0 Å². The van der Waals surface area contributed by atoms with Crippen molar-refractivity contribution in [1.82, 2.24) is 0 Å². The highest BCUT2D eigenvalue weighted by Gasteiger charge is 3.63. The minimum absolute atomic E-state index is 1.11. The van der Waals surface area contributed by atoms with Crippen molar-refractivity contribution in [2.24, 2.45) is 204 Å². The summed E-state index contributed by atoms with van der Waals surface area (Å²) in [5.74, 6) is 24.9. The minimum atomic E-state index is 1.11. The van der Waals surface area contributed by atoms with Gasteiger partial charge in [-0.2, -0.15) is 0 Å². The third-order valence-corrected chi connectivity index (χ3v) is 34.1. The number of rotatable bonds is 0. The summed E-state index contributed by atoms with van der Waals surface area (Å²) < 4.78 is 0. The fourth-order valence-corrected chi connectivity index (χ4v) is 42.8. The van der Waals surface area contributed by atoms with Gasteiger partial charge in [0.05, 0.1) is 0 Å². The van der Waals surface area contributed by atoms with Crippen molar-refractivity contribution in [3.8, 4) is 0 Å². The van der Waals surface area contributed by atoms with Crippen molar-refractivity contribution < 1.29 is 0 Å². The predicted molar refractivity (Wildman–Crippen MR) is 125 cm³/mol.